The zero-order valence-electron chi connectivity index (χ0n) is 15.4. The van der Waals surface area contributed by atoms with Gasteiger partial charge in [-0.05, 0) is 43.7 Å². The predicted octanol–water partition coefficient (Wildman–Crippen LogP) is 4.47. The number of rotatable bonds is 10. The maximum absolute atomic E-state index is 12.4. The summed E-state index contributed by atoms with van der Waals surface area (Å²) in [5.41, 5.74) is 1.81. The van der Waals surface area contributed by atoms with Gasteiger partial charge in [-0.15, -0.1) is 23.2 Å². The Kier molecular flexibility index (Phi) is 7.94. The Morgan fingerprint density at radius 2 is 1.82 bits per heavy atom. The van der Waals surface area contributed by atoms with Crippen LogP contribution in [-0.4, -0.2) is 38.2 Å². The van der Waals surface area contributed by atoms with Gasteiger partial charge >= 0.3 is 15.1 Å². The van der Waals surface area contributed by atoms with E-state index in [1.807, 2.05) is 11.8 Å². The number of hydrogen-bond donors (Lipinski definition) is 0. The summed E-state index contributed by atoms with van der Waals surface area (Å²) < 4.78 is 30.0. The molecule has 0 amide bonds. The molecule has 0 aliphatic carbocycles. The van der Waals surface area contributed by atoms with Crippen LogP contribution in [0.25, 0.3) is 0 Å². The summed E-state index contributed by atoms with van der Waals surface area (Å²) in [5.74, 6) is 0.440. The van der Waals surface area contributed by atoms with Crippen LogP contribution in [0, 0.1) is 24.0 Å². The van der Waals surface area contributed by atoms with Gasteiger partial charge in [0, 0.05) is 35.4 Å². The second-order valence-corrected chi connectivity index (χ2v) is 9.60. The molecule has 7 nitrogen and oxygen atoms in total. The van der Waals surface area contributed by atoms with E-state index in [0.717, 1.165) is 22.6 Å². The maximum Gasteiger partial charge on any atom is 0.328 e. The van der Waals surface area contributed by atoms with Crippen LogP contribution in [0.1, 0.15) is 16.0 Å². The van der Waals surface area contributed by atoms with Gasteiger partial charge in [-0.1, -0.05) is 11.3 Å². The van der Waals surface area contributed by atoms with Crippen molar-refractivity contribution in [2.24, 2.45) is 0 Å². The minimum atomic E-state index is -4.05. The van der Waals surface area contributed by atoms with Gasteiger partial charge in [0.15, 0.2) is 0 Å². The monoisotopic (exact) mass is 466 g/mol. The van der Waals surface area contributed by atoms with E-state index in [1.54, 1.807) is 25.1 Å². The molecule has 0 aliphatic heterocycles. The highest BCUT2D eigenvalue weighted by molar-refractivity contribution is 7.86. The Labute approximate surface area is 178 Å². The molecule has 1 heterocycles. The first-order valence-electron chi connectivity index (χ1n) is 8.30. The molecule has 0 radical (unpaired) electrons. The van der Waals surface area contributed by atoms with Crippen molar-refractivity contribution in [2.75, 3.05) is 29.7 Å². The summed E-state index contributed by atoms with van der Waals surface area (Å²) in [4.78, 5) is 13.2. The lowest BCUT2D eigenvalue weighted by molar-refractivity contribution is -0.380. The molecule has 11 heteroatoms. The molecule has 0 saturated heterocycles. The van der Waals surface area contributed by atoms with Gasteiger partial charge in [-0.25, -0.2) is 0 Å². The Morgan fingerprint density at radius 3 is 2.36 bits per heavy atom. The second-order valence-electron chi connectivity index (χ2n) is 6.04. The molecule has 0 N–H and O–H groups in total. The van der Waals surface area contributed by atoms with Crippen LogP contribution in [0.3, 0.4) is 0 Å². The first kappa shape index (κ1) is 22.7. The van der Waals surface area contributed by atoms with Gasteiger partial charge in [-0.2, -0.15) is 8.42 Å². The van der Waals surface area contributed by atoms with Crippen LogP contribution in [0.15, 0.2) is 24.3 Å². The number of benzene rings is 1. The van der Waals surface area contributed by atoms with Crippen molar-refractivity contribution in [3.63, 3.8) is 0 Å². The summed E-state index contributed by atoms with van der Waals surface area (Å²) in [6.07, 6.45) is 0. The molecule has 154 valence electrons. The molecule has 2 aromatic rings. The van der Waals surface area contributed by atoms with Crippen molar-refractivity contribution >= 4 is 55.3 Å². The molecule has 2 rings (SSSR count). The lowest BCUT2D eigenvalue weighted by Crippen LogP contribution is -2.28. The molecular weight excluding hydrogens is 447 g/mol. The highest BCUT2D eigenvalue weighted by Gasteiger charge is 2.25. The van der Waals surface area contributed by atoms with Crippen molar-refractivity contribution in [3.05, 3.63) is 50.4 Å². The second kappa shape index (κ2) is 9.78. The lowest BCUT2D eigenvalue weighted by Gasteiger charge is -2.25. The Morgan fingerprint density at radius 1 is 1.18 bits per heavy atom. The minimum Gasteiger partial charge on any atom is -0.382 e. The third-order valence-corrected chi connectivity index (χ3v) is 6.34. The summed E-state index contributed by atoms with van der Waals surface area (Å²) in [7, 11) is -4.05. The highest BCUT2D eigenvalue weighted by Crippen LogP contribution is 2.32. The van der Waals surface area contributed by atoms with E-state index in [1.165, 1.54) is 6.07 Å². The van der Waals surface area contributed by atoms with Crippen LogP contribution >= 0.6 is 34.5 Å². The van der Waals surface area contributed by atoms with Crippen molar-refractivity contribution in [2.45, 2.75) is 19.6 Å². The topological polar surface area (TPSA) is 89.8 Å². The first-order valence-corrected chi connectivity index (χ1v) is 11.8. The van der Waals surface area contributed by atoms with E-state index in [4.69, 9.17) is 27.4 Å². The Hall–Kier alpha value is -1.55. The van der Waals surface area contributed by atoms with E-state index in [0.29, 0.717) is 29.7 Å². The molecule has 28 heavy (non-hydrogen) atoms. The number of aryl methyl sites for hydroxylation is 2. The normalized spacial score (nSPS) is 11.4. The number of hydrogen-bond acceptors (Lipinski definition) is 7. The molecule has 0 fully saturated rings. The molecule has 0 atom stereocenters. The van der Waals surface area contributed by atoms with E-state index in [2.05, 4.69) is 0 Å². The molecule has 0 spiro atoms. The SMILES string of the molecule is Cc1cc(CS(=O)(=O)Oc2ccc(N(CCCl)CCCl)c(C)c2)c([N+](=O)[O-])s1. The van der Waals surface area contributed by atoms with Gasteiger partial charge in [0.2, 0.25) is 0 Å². The molecule has 0 bridgehead atoms. The quantitative estimate of drug-likeness (QED) is 0.222. The average Bonchev–Trinajstić information content (AvgIpc) is 2.94. The zero-order valence-corrected chi connectivity index (χ0v) is 18.5. The van der Waals surface area contributed by atoms with Crippen LogP contribution < -0.4 is 9.08 Å². The number of thiophene rings is 1. The summed E-state index contributed by atoms with van der Waals surface area (Å²) in [6.45, 7) is 4.73. The predicted molar refractivity (Wildman–Crippen MR) is 114 cm³/mol. The van der Waals surface area contributed by atoms with E-state index < -0.39 is 20.8 Å². The summed E-state index contributed by atoms with van der Waals surface area (Å²) in [5, 5.41) is 10.9. The fourth-order valence-corrected chi connectivity index (χ4v) is 5.17. The molecule has 1 aromatic heterocycles. The third kappa shape index (κ3) is 5.97. The standard InChI is InChI=1S/C17H20Cl2N2O5S2/c1-12-9-15(3-4-16(12)20(7-5-18)8-6-19)26-28(24,25)11-14-10-13(2)27-17(14)21(22)23/h3-4,9-10H,5-8,11H2,1-2H3. The number of alkyl halides is 2. The Balaban J connectivity index is 2.20. The van der Waals surface area contributed by atoms with Crippen LogP contribution in [-0.2, 0) is 15.9 Å². The molecule has 1 aromatic carbocycles. The fraction of sp³-hybridized carbons (Fsp3) is 0.412. The largest absolute Gasteiger partial charge is 0.382 e. The molecule has 0 unspecified atom stereocenters. The van der Waals surface area contributed by atoms with Crippen molar-refractivity contribution in [1.29, 1.82) is 0 Å². The smallest absolute Gasteiger partial charge is 0.328 e. The van der Waals surface area contributed by atoms with Crippen molar-refractivity contribution in [3.8, 4) is 5.75 Å². The van der Waals surface area contributed by atoms with E-state index in [9.17, 15) is 18.5 Å². The minimum absolute atomic E-state index is 0.122. The van der Waals surface area contributed by atoms with Gasteiger partial charge < -0.3 is 9.08 Å². The Bertz CT molecular complexity index is 941. The lowest BCUT2D eigenvalue weighted by atomic mass is 10.1. The molecular formula is C17H20Cl2N2O5S2. The van der Waals surface area contributed by atoms with Crippen LogP contribution in [0.5, 0.6) is 5.75 Å². The zero-order chi connectivity index (χ0) is 20.9. The third-order valence-electron chi connectivity index (χ3n) is 3.85. The molecule has 0 aliphatic rings. The van der Waals surface area contributed by atoms with Crippen LogP contribution in [0.4, 0.5) is 10.7 Å². The highest BCUT2D eigenvalue weighted by atomic mass is 35.5. The van der Waals surface area contributed by atoms with Crippen LogP contribution in [0.2, 0.25) is 0 Å². The van der Waals surface area contributed by atoms with E-state index in [-0.39, 0.29) is 16.3 Å². The van der Waals surface area contributed by atoms with Gasteiger partial charge in [0.05, 0.1) is 10.5 Å². The van der Waals surface area contributed by atoms with Gasteiger partial charge in [-0.3, -0.25) is 10.1 Å². The number of halogens is 2. The number of nitro groups is 1. The number of nitrogens with zero attached hydrogens (tertiary/aromatic N) is 2. The van der Waals surface area contributed by atoms with Crippen molar-refractivity contribution < 1.29 is 17.5 Å². The maximum atomic E-state index is 12.4. The van der Waals surface area contributed by atoms with Gasteiger partial charge in [0.25, 0.3) is 0 Å². The van der Waals surface area contributed by atoms with Crippen molar-refractivity contribution in [1.82, 2.24) is 0 Å². The first-order chi connectivity index (χ1) is 13.2. The van der Waals surface area contributed by atoms with Gasteiger partial charge in [0.1, 0.15) is 11.5 Å². The summed E-state index contributed by atoms with van der Waals surface area (Å²) in [6, 6.07) is 6.39. The summed E-state index contributed by atoms with van der Waals surface area (Å²) >= 11 is 12.6. The fourth-order valence-electron chi connectivity index (χ4n) is 2.77. The average molecular weight is 467 g/mol. The molecule has 0 saturated carbocycles. The number of anilines is 1. The van der Waals surface area contributed by atoms with E-state index >= 15 is 0 Å².